The van der Waals surface area contributed by atoms with Crippen molar-refractivity contribution in [1.29, 1.82) is 0 Å². The Morgan fingerprint density at radius 1 is 1.21 bits per heavy atom. The van der Waals surface area contributed by atoms with E-state index in [2.05, 4.69) is 5.32 Å². The molecule has 3 saturated carbocycles. The van der Waals surface area contributed by atoms with E-state index in [4.69, 9.17) is 21.1 Å². The lowest BCUT2D eigenvalue weighted by atomic mass is 9.38. The van der Waals surface area contributed by atoms with Gasteiger partial charge in [0.05, 0.1) is 11.1 Å². The van der Waals surface area contributed by atoms with Gasteiger partial charge >= 0.3 is 0 Å². The van der Waals surface area contributed by atoms with Crippen LogP contribution in [0.5, 0.6) is 11.5 Å². The predicted molar refractivity (Wildman–Crippen MR) is 119 cm³/mol. The number of hydrogen-bond acceptors (Lipinski definition) is 5. The van der Waals surface area contributed by atoms with Gasteiger partial charge in [-0.15, -0.1) is 0 Å². The molecule has 0 aromatic heterocycles. The molecule has 4 aliphatic rings. The first kappa shape index (κ1) is 23.1. The number of hydrogen-bond donors (Lipinski definition) is 2. The molecule has 0 spiro atoms. The van der Waals surface area contributed by atoms with Crippen LogP contribution in [0.3, 0.4) is 0 Å². The largest absolute Gasteiger partial charge is 0.484 e. The third kappa shape index (κ3) is 4.14. The molecule has 0 saturated heterocycles. The van der Waals surface area contributed by atoms with Crippen LogP contribution >= 0.6 is 11.6 Å². The van der Waals surface area contributed by atoms with Crippen molar-refractivity contribution in [3.8, 4) is 11.5 Å². The maximum Gasteiger partial charge on any atom is 0.258 e. The van der Waals surface area contributed by atoms with Gasteiger partial charge < -0.3 is 19.9 Å². The van der Waals surface area contributed by atoms with E-state index in [1.807, 2.05) is 0 Å². The van der Waals surface area contributed by atoms with E-state index >= 15 is 0 Å². The summed E-state index contributed by atoms with van der Waals surface area (Å²) in [7, 11) is 0. The van der Waals surface area contributed by atoms with Gasteiger partial charge in [0.15, 0.2) is 18.5 Å². The molecule has 1 aliphatic heterocycles. The second-order valence-corrected chi connectivity index (χ2v) is 10.3. The van der Waals surface area contributed by atoms with Gasteiger partial charge in [-0.2, -0.15) is 0 Å². The number of carbonyl (C=O) groups excluding carboxylic acids is 2. The van der Waals surface area contributed by atoms with Crippen LogP contribution in [-0.4, -0.2) is 35.0 Å². The third-order valence-corrected chi connectivity index (χ3v) is 7.37. The Labute approximate surface area is 200 Å². The number of ether oxygens (including phenoxy) is 2. The maximum absolute atomic E-state index is 13.8. The van der Waals surface area contributed by atoms with Crippen LogP contribution in [0.25, 0.3) is 0 Å². The van der Waals surface area contributed by atoms with Crippen LogP contribution in [0.4, 0.5) is 8.78 Å². The van der Waals surface area contributed by atoms with Gasteiger partial charge in [-0.1, -0.05) is 17.7 Å². The van der Waals surface area contributed by atoms with Gasteiger partial charge in [-0.25, -0.2) is 8.78 Å². The minimum Gasteiger partial charge on any atom is -0.484 e. The Bertz CT molecular complexity index is 1170. The van der Waals surface area contributed by atoms with Gasteiger partial charge in [0, 0.05) is 36.1 Å². The zero-order chi connectivity index (χ0) is 24.3. The lowest BCUT2D eigenvalue weighted by molar-refractivity contribution is -0.175. The minimum absolute atomic E-state index is 0.0860. The topological polar surface area (TPSA) is 84.9 Å². The molecule has 9 heteroatoms. The number of nitrogens with one attached hydrogen (secondary N) is 1. The Hall–Kier alpha value is -2.71. The Morgan fingerprint density at radius 2 is 1.94 bits per heavy atom. The molecule has 6 rings (SSSR count). The molecule has 0 radical (unpaired) electrons. The molecular weight excluding hydrogens is 468 g/mol. The first-order chi connectivity index (χ1) is 16.1. The first-order valence-corrected chi connectivity index (χ1v) is 11.5. The van der Waals surface area contributed by atoms with Crippen LogP contribution in [0.2, 0.25) is 5.02 Å². The predicted octanol–water partition coefficient (Wildman–Crippen LogP) is 4.19. The quantitative estimate of drug-likeness (QED) is 0.606. The summed E-state index contributed by atoms with van der Waals surface area (Å²) >= 11 is 5.78. The fourth-order valence-electron chi connectivity index (χ4n) is 5.58. The smallest absolute Gasteiger partial charge is 0.258 e. The highest BCUT2D eigenvalue weighted by atomic mass is 35.5. The highest BCUT2D eigenvalue weighted by Crippen LogP contribution is 2.69. The zero-order valence-electron chi connectivity index (χ0n) is 18.5. The van der Waals surface area contributed by atoms with Crippen molar-refractivity contribution in [3.63, 3.8) is 0 Å². The summed E-state index contributed by atoms with van der Waals surface area (Å²) in [4.78, 5) is 25.2. The van der Waals surface area contributed by atoms with E-state index < -0.39 is 23.8 Å². The monoisotopic (exact) mass is 491 g/mol. The molecular formula is C25H24ClF2NO5. The van der Waals surface area contributed by atoms with Crippen molar-refractivity contribution >= 4 is 23.3 Å². The van der Waals surface area contributed by atoms with Crippen LogP contribution in [0.15, 0.2) is 30.3 Å². The summed E-state index contributed by atoms with van der Waals surface area (Å²) in [5.74, 6) is -1.09. The summed E-state index contributed by atoms with van der Waals surface area (Å²) in [6, 6.07) is 6.86. The van der Waals surface area contributed by atoms with Crippen molar-refractivity contribution in [2.24, 2.45) is 5.41 Å². The van der Waals surface area contributed by atoms with Crippen molar-refractivity contribution < 1.29 is 33.0 Å². The van der Waals surface area contributed by atoms with Crippen LogP contribution in [-0.2, 0) is 9.59 Å². The van der Waals surface area contributed by atoms with Crippen molar-refractivity contribution in [3.05, 3.63) is 58.1 Å². The molecule has 1 amide bonds. The van der Waals surface area contributed by atoms with E-state index in [1.165, 1.54) is 12.1 Å². The van der Waals surface area contributed by atoms with Crippen LogP contribution in [0, 0.1) is 24.0 Å². The number of aryl methyl sites for hydroxylation is 1. The van der Waals surface area contributed by atoms with Crippen LogP contribution in [0.1, 0.15) is 49.3 Å². The van der Waals surface area contributed by atoms with E-state index in [0.29, 0.717) is 30.4 Å². The van der Waals surface area contributed by atoms with E-state index in [1.54, 1.807) is 19.1 Å². The molecule has 2 N–H and O–H groups in total. The van der Waals surface area contributed by atoms with Gasteiger partial charge in [0.1, 0.15) is 23.1 Å². The molecule has 2 aromatic rings. The number of halogens is 3. The second kappa shape index (κ2) is 8.20. The fourth-order valence-corrected chi connectivity index (χ4v) is 5.75. The molecule has 1 heterocycles. The highest BCUT2D eigenvalue weighted by Gasteiger charge is 2.68. The number of carbonyl (C=O) groups is 2. The standard InChI is InChI=1S/C25H24ClF2NO5/c1-13-2-3-14(4-17(13)27)33-9-23(32)29-25-10-24(11-25,12-25)8-20(31)22-7-19(30)15-5-16(26)18(28)6-21(15)34-22/h2-6,19,22,30H,7-12H2,1H3,(H,29,32)/t19-,22+,24?,25?/m0/s1. The molecule has 3 fully saturated rings. The molecule has 6 nitrogen and oxygen atoms in total. The number of ketones is 1. The maximum atomic E-state index is 13.8. The Balaban J connectivity index is 1.11. The van der Waals surface area contributed by atoms with E-state index in [9.17, 15) is 23.5 Å². The zero-order valence-corrected chi connectivity index (χ0v) is 19.3. The second-order valence-electron chi connectivity index (χ2n) is 9.86. The number of aliphatic hydroxyl groups excluding tert-OH is 1. The molecule has 2 bridgehead atoms. The van der Waals surface area contributed by atoms with Crippen molar-refractivity contribution in [1.82, 2.24) is 5.32 Å². The molecule has 2 atom stereocenters. The summed E-state index contributed by atoms with van der Waals surface area (Å²) in [5, 5.41) is 13.2. The van der Waals surface area contributed by atoms with E-state index in [-0.39, 0.29) is 58.6 Å². The SMILES string of the molecule is Cc1ccc(OCC(=O)NC23CC(CC(=O)[C@H]4C[C@H](O)c5cc(Cl)c(F)cc5O4)(C2)C3)cc1F. The normalized spacial score (nSPS) is 28.6. The Kier molecular flexibility index (Phi) is 5.56. The number of fused-ring (bicyclic) bond motifs is 1. The summed E-state index contributed by atoms with van der Waals surface area (Å²) in [5.41, 5.74) is 0.349. The number of rotatable bonds is 7. The average Bonchev–Trinajstić information content (AvgIpc) is 2.73. The van der Waals surface area contributed by atoms with Crippen molar-refractivity contribution in [2.45, 2.75) is 56.8 Å². The summed E-state index contributed by atoms with van der Waals surface area (Å²) < 4.78 is 38.5. The van der Waals surface area contributed by atoms with Gasteiger partial charge in [0.2, 0.25) is 0 Å². The number of benzene rings is 2. The molecule has 180 valence electrons. The molecule has 34 heavy (non-hydrogen) atoms. The summed E-state index contributed by atoms with van der Waals surface area (Å²) in [6.07, 6.45) is 0.559. The lowest BCUT2D eigenvalue weighted by Crippen LogP contribution is -2.75. The minimum atomic E-state index is -0.962. The van der Waals surface area contributed by atoms with Gasteiger partial charge in [-0.05, 0) is 49.3 Å². The summed E-state index contributed by atoms with van der Waals surface area (Å²) in [6.45, 7) is 1.43. The molecule has 3 aliphatic carbocycles. The highest BCUT2D eigenvalue weighted by molar-refractivity contribution is 6.30. The average molecular weight is 492 g/mol. The van der Waals surface area contributed by atoms with E-state index in [0.717, 1.165) is 6.07 Å². The number of aliphatic hydroxyl groups is 1. The fraction of sp³-hybridized carbons (Fsp3) is 0.440. The number of Topliss-reactive ketones (excluding diaryl/α,β-unsaturated/α-hetero) is 1. The first-order valence-electron chi connectivity index (χ1n) is 11.1. The van der Waals surface area contributed by atoms with Gasteiger partial charge in [-0.3, -0.25) is 9.59 Å². The molecule has 2 aromatic carbocycles. The van der Waals surface area contributed by atoms with Crippen LogP contribution < -0.4 is 14.8 Å². The molecule has 0 unspecified atom stereocenters. The lowest BCUT2D eigenvalue weighted by Gasteiger charge is -2.70. The number of amides is 1. The van der Waals surface area contributed by atoms with Crippen molar-refractivity contribution in [2.75, 3.05) is 6.61 Å². The third-order valence-electron chi connectivity index (χ3n) is 7.08. The Morgan fingerprint density at radius 3 is 2.65 bits per heavy atom. The van der Waals surface area contributed by atoms with Gasteiger partial charge in [0.25, 0.3) is 5.91 Å².